The summed E-state index contributed by atoms with van der Waals surface area (Å²) in [5, 5.41) is 3.83. The van der Waals surface area contributed by atoms with Crippen molar-refractivity contribution in [3.05, 3.63) is 23.2 Å². The van der Waals surface area contributed by atoms with Gasteiger partial charge in [0.2, 0.25) is 10.0 Å². The fraction of sp³-hybridized carbons (Fsp3) is 0.571. The summed E-state index contributed by atoms with van der Waals surface area (Å²) in [7, 11) is -3.31. The van der Waals surface area contributed by atoms with Crippen LogP contribution in [0.3, 0.4) is 0 Å². The third kappa shape index (κ3) is 6.01. The molecule has 0 fully saturated rings. The SMILES string of the molecule is CCCCC(CC)Nc1ccc(NS(C)(=O)=O)c(Cl)c1. The predicted molar refractivity (Wildman–Crippen MR) is 87.1 cm³/mol. The quantitative estimate of drug-likeness (QED) is 0.759. The number of sulfonamides is 1. The van der Waals surface area contributed by atoms with Crippen LogP contribution in [0.15, 0.2) is 18.2 Å². The molecule has 1 unspecified atom stereocenters. The van der Waals surface area contributed by atoms with Crippen molar-refractivity contribution in [2.75, 3.05) is 16.3 Å². The monoisotopic (exact) mass is 318 g/mol. The molecule has 6 heteroatoms. The Hall–Kier alpha value is -0.940. The average Bonchev–Trinajstić information content (AvgIpc) is 2.36. The summed E-state index contributed by atoms with van der Waals surface area (Å²) in [6, 6.07) is 5.69. The number of hydrogen-bond donors (Lipinski definition) is 2. The first kappa shape index (κ1) is 17.1. The molecule has 1 rings (SSSR count). The van der Waals surface area contributed by atoms with E-state index in [4.69, 9.17) is 11.6 Å². The van der Waals surface area contributed by atoms with Crippen molar-refractivity contribution in [2.45, 2.75) is 45.6 Å². The number of hydrogen-bond acceptors (Lipinski definition) is 3. The van der Waals surface area contributed by atoms with Crippen LogP contribution in [0.4, 0.5) is 11.4 Å². The lowest BCUT2D eigenvalue weighted by Crippen LogP contribution is -2.18. The normalized spacial score (nSPS) is 13.0. The number of rotatable bonds is 8. The van der Waals surface area contributed by atoms with Gasteiger partial charge < -0.3 is 5.32 Å². The van der Waals surface area contributed by atoms with Crippen molar-refractivity contribution < 1.29 is 8.42 Å². The van der Waals surface area contributed by atoms with E-state index in [0.29, 0.717) is 16.8 Å². The highest BCUT2D eigenvalue weighted by Crippen LogP contribution is 2.27. The highest BCUT2D eigenvalue weighted by molar-refractivity contribution is 7.92. The van der Waals surface area contributed by atoms with Crippen LogP contribution >= 0.6 is 11.6 Å². The maximum absolute atomic E-state index is 11.2. The van der Waals surface area contributed by atoms with Crippen LogP contribution < -0.4 is 10.0 Å². The molecule has 0 saturated carbocycles. The molecule has 0 heterocycles. The van der Waals surface area contributed by atoms with Crippen molar-refractivity contribution in [1.82, 2.24) is 0 Å². The fourth-order valence-corrected chi connectivity index (χ4v) is 2.81. The zero-order valence-electron chi connectivity index (χ0n) is 12.2. The maximum atomic E-state index is 11.2. The van der Waals surface area contributed by atoms with E-state index in [1.54, 1.807) is 12.1 Å². The predicted octanol–water partition coefficient (Wildman–Crippen LogP) is 4.09. The van der Waals surface area contributed by atoms with Gasteiger partial charge in [0.05, 0.1) is 17.0 Å². The molecule has 0 spiro atoms. The molecular formula is C14H23ClN2O2S. The molecule has 0 saturated heterocycles. The van der Waals surface area contributed by atoms with E-state index in [2.05, 4.69) is 23.9 Å². The summed E-state index contributed by atoms with van der Waals surface area (Å²) >= 11 is 6.10. The first-order valence-corrected chi connectivity index (χ1v) is 9.16. The first-order valence-electron chi connectivity index (χ1n) is 6.89. The second kappa shape index (κ2) is 7.74. The van der Waals surface area contributed by atoms with Gasteiger partial charge in [-0.3, -0.25) is 4.72 Å². The minimum absolute atomic E-state index is 0.394. The summed E-state index contributed by atoms with van der Waals surface area (Å²) in [4.78, 5) is 0. The van der Waals surface area contributed by atoms with Gasteiger partial charge in [-0.15, -0.1) is 0 Å². The van der Waals surface area contributed by atoms with Crippen LogP contribution in [0, 0.1) is 0 Å². The van der Waals surface area contributed by atoms with Gasteiger partial charge in [-0.2, -0.15) is 0 Å². The Balaban J connectivity index is 2.76. The lowest BCUT2D eigenvalue weighted by atomic mass is 10.1. The van der Waals surface area contributed by atoms with E-state index in [1.807, 2.05) is 6.07 Å². The van der Waals surface area contributed by atoms with Crippen molar-refractivity contribution in [1.29, 1.82) is 0 Å². The maximum Gasteiger partial charge on any atom is 0.229 e. The zero-order valence-corrected chi connectivity index (χ0v) is 13.8. The number of unbranched alkanes of at least 4 members (excludes halogenated alkanes) is 1. The van der Waals surface area contributed by atoms with E-state index in [1.165, 1.54) is 12.8 Å². The van der Waals surface area contributed by atoms with Crippen LogP contribution in [0.2, 0.25) is 5.02 Å². The van der Waals surface area contributed by atoms with Crippen LogP contribution in [0.5, 0.6) is 0 Å². The van der Waals surface area contributed by atoms with Crippen LogP contribution in [0.1, 0.15) is 39.5 Å². The Morgan fingerprint density at radius 1 is 1.30 bits per heavy atom. The van der Waals surface area contributed by atoms with Crippen molar-refractivity contribution in [2.24, 2.45) is 0 Å². The standard InChI is InChI=1S/C14H23ClN2O2S/c1-4-6-7-11(5-2)16-12-8-9-14(13(15)10-12)17-20(3,18)19/h8-11,16-17H,4-7H2,1-3H3. The van der Waals surface area contributed by atoms with Gasteiger partial charge in [0, 0.05) is 11.7 Å². The Morgan fingerprint density at radius 2 is 2.00 bits per heavy atom. The summed E-state index contributed by atoms with van der Waals surface area (Å²) in [5.74, 6) is 0. The van der Waals surface area contributed by atoms with Gasteiger partial charge in [-0.1, -0.05) is 38.3 Å². The Kier molecular flexibility index (Phi) is 6.62. The van der Waals surface area contributed by atoms with Crippen LogP contribution in [-0.2, 0) is 10.0 Å². The van der Waals surface area contributed by atoms with E-state index < -0.39 is 10.0 Å². The van der Waals surface area contributed by atoms with Gasteiger partial charge in [0.15, 0.2) is 0 Å². The molecular weight excluding hydrogens is 296 g/mol. The lowest BCUT2D eigenvalue weighted by molar-refractivity contribution is 0.593. The highest BCUT2D eigenvalue weighted by Gasteiger charge is 2.09. The molecule has 1 aromatic carbocycles. The molecule has 114 valence electrons. The van der Waals surface area contributed by atoms with Gasteiger partial charge >= 0.3 is 0 Å². The number of halogens is 1. The summed E-state index contributed by atoms with van der Waals surface area (Å²) < 4.78 is 24.8. The van der Waals surface area contributed by atoms with Crippen molar-refractivity contribution in [3.63, 3.8) is 0 Å². The topological polar surface area (TPSA) is 58.2 Å². The smallest absolute Gasteiger partial charge is 0.229 e. The summed E-state index contributed by atoms with van der Waals surface area (Å²) in [5.41, 5.74) is 1.32. The minimum Gasteiger partial charge on any atom is -0.382 e. The Morgan fingerprint density at radius 3 is 2.50 bits per heavy atom. The minimum atomic E-state index is -3.31. The largest absolute Gasteiger partial charge is 0.382 e. The molecule has 0 bridgehead atoms. The van der Waals surface area contributed by atoms with E-state index in [9.17, 15) is 8.42 Å². The molecule has 1 atom stereocenters. The lowest BCUT2D eigenvalue weighted by Gasteiger charge is -2.18. The van der Waals surface area contributed by atoms with Crippen LogP contribution in [-0.4, -0.2) is 20.7 Å². The van der Waals surface area contributed by atoms with Gasteiger partial charge in [0.25, 0.3) is 0 Å². The average molecular weight is 319 g/mol. The van der Waals surface area contributed by atoms with Gasteiger partial charge in [-0.05, 0) is 31.0 Å². The molecule has 0 aromatic heterocycles. The second-order valence-electron chi connectivity index (χ2n) is 4.96. The molecule has 0 amide bonds. The number of nitrogens with one attached hydrogen (secondary N) is 2. The molecule has 2 N–H and O–H groups in total. The molecule has 0 aliphatic heterocycles. The van der Waals surface area contributed by atoms with Gasteiger partial charge in [-0.25, -0.2) is 8.42 Å². The first-order chi connectivity index (χ1) is 9.35. The third-order valence-corrected chi connectivity index (χ3v) is 3.94. The van der Waals surface area contributed by atoms with E-state index >= 15 is 0 Å². The molecule has 0 aliphatic carbocycles. The molecule has 0 aliphatic rings. The molecule has 1 aromatic rings. The van der Waals surface area contributed by atoms with Crippen molar-refractivity contribution in [3.8, 4) is 0 Å². The highest BCUT2D eigenvalue weighted by atomic mass is 35.5. The molecule has 4 nitrogen and oxygen atoms in total. The van der Waals surface area contributed by atoms with Crippen LogP contribution in [0.25, 0.3) is 0 Å². The Labute approximate surface area is 127 Å². The van der Waals surface area contributed by atoms with Crippen molar-refractivity contribution >= 4 is 33.0 Å². The number of benzene rings is 1. The van der Waals surface area contributed by atoms with Gasteiger partial charge in [0.1, 0.15) is 0 Å². The van der Waals surface area contributed by atoms with E-state index in [0.717, 1.165) is 24.8 Å². The third-order valence-electron chi connectivity index (χ3n) is 3.03. The second-order valence-corrected chi connectivity index (χ2v) is 7.12. The molecule has 0 radical (unpaired) electrons. The summed E-state index contributed by atoms with van der Waals surface area (Å²) in [6.07, 6.45) is 5.63. The number of anilines is 2. The summed E-state index contributed by atoms with van der Waals surface area (Å²) in [6.45, 7) is 4.32. The van der Waals surface area contributed by atoms with E-state index in [-0.39, 0.29) is 0 Å². The Bertz CT molecular complexity index is 532. The molecule has 20 heavy (non-hydrogen) atoms. The zero-order chi connectivity index (χ0) is 15.2. The fourth-order valence-electron chi connectivity index (χ4n) is 1.95.